The molecule has 0 saturated heterocycles. The van der Waals surface area contributed by atoms with Gasteiger partial charge in [0.25, 0.3) is 0 Å². The van der Waals surface area contributed by atoms with Crippen LogP contribution in [0.25, 0.3) is 0 Å². The molecule has 0 saturated carbocycles. The van der Waals surface area contributed by atoms with Crippen LogP contribution in [-0.4, -0.2) is 33.5 Å². The summed E-state index contributed by atoms with van der Waals surface area (Å²) in [7, 11) is -1.55. The van der Waals surface area contributed by atoms with E-state index in [-0.39, 0.29) is 17.8 Å². The third-order valence-corrected chi connectivity index (χ3v) is 6.11. The summed E-state index contributed by atoms with van der Waals surface area (Å²) in [5.74, 6) is 0.740. The van der Waals surface area contributed by atoms with E-state index in [0.29, 0.717) is 6.54 Å². The van der Waals surface area contributed by atoms with Gasteiger partial charge < -0.3 is 10.6 Å². The molecule has 0 aliphatic rings. The summed E-state index contributed by atoms with van der Waals surface area (Å²) < 4.78 is 26.7. The van der Waals surface area contributed by atoms with Crippen LogP contribution in [0, 0.1) is 0 Å². The van der Waals surface area contributed by atoms with Crippen molar-refractivity contribution in [3.63, 3.8) is 0 Å². The fraction of sp³-hybridized carbons (Fsp3) is 0.435. The summed E-state index contributed by atoms with van der Waals surface area (Å²) in [5, 5.41) is 6.74. The third kappa shape index (κ3) is 8.97. The summed E-state index contributed by atoms with van der Waals surface area (Å²) in [5.41, 5.74) is 3.16. The van der Waals surface area contributed by atoms with Gasteiger partial charge in [-0.25, -0.2) is 13.1 Å². The Balaban J connectivity index is 1.80. The molecule has 0 aromatic heterocycles. The Morgan fingerprint density at radius 1 is 0.933 bits per heavy atom. The van der Waals surface area contributed by atoms with E-state index in [1.165, 1.54) is 5.56 Å². The van der Waals surface area contributed by atoms with Crippen LogP contribution in [0.3, 0.4) is 0 Å². The van der Waals surface area contributed by atoms with E-state index in [2.05, 4.69) is 51.5 Å². The van der Waals surface area contributed by atoms with Crippen LogP contribution in [0.5, 0.6) is 0 Å². The molecule has 0 spiro atoms. The summed E-state index contributed by atoms with van der Waals surface area (Å²) in [4.78, 5) is 4.30. The highest BCUT2D eigenvalue weighted by Gasteiger charge is 2.13. The molecule has 1 unspecified atom stereocenters. The molecule has 0 aliphatic heterocycles. The minimum atomic E-state index is -3.31. The van der Waals surface area contributed by atoms with E-state index in [4.69, 9.17) is 0 Å². The standard InChI is InChI=1S/C23H34N4O2S/c1-18(2)27-30(28,29)17-22-14-12-21(13-15-22)16-25-23(24-4)26-19(3)10-11-20-8-6-5-7-9-20/h5-9,12-15,18-19,27H,10-11,16-17H2,1-4H3,(H2,24,25,26). The lowest BCUT2D eigenvalue weighted by molar-refractivity contribution is 0.569. The van der Waals surface area contributed by atoms with Crippen molar-refractivity contribution in [3.8, 4) is 0 Å². The third-order valence-electron chi connectivity index (χ3n) is 4.57. The number of nitrogens with one attached hydrogen (secondary N) is 3. The van der Waals surface area contributed by atoms with E-state index in [1.807, 2.05) is 44.2 Å². The maximum atomic E-state index is 12.0. The lowest BCUT2D eigenvalue weighted by Gasteiger charge is -2.18. The van der Waals surface area contributed by atoms with Gasteiger partial charge in [-0.3, -0.25) is 4.99 Å². The van der Waals surface area contributed by atoms with Gasteiger partial charge in [-0.1, -0.05) is 54.6 Å². The minimum Gasteiger partial charge on any atom is -0.354 e. The van der Waals surface area contributed by atoms with Crippen LogP contribution < -0.4 is 15.4 Å². The van der Waals surface area contributed by atoms with Crippen molar-refractivity contribution in [2.75, 3.05) is 7.05 Å². The van der Waals surface area contributed by atoms with E-state index >= 15 is 0 Å². The van der Waals surface area contributed by atoms with Gasteiger partial charge in [0.15, 0.2) is 5.96 Å². The number of hydrogen-bond acceptors (Lipinski definition) is 3. The molecule has 2 aromatic carbocycles. The average molecular weight is 431 g/mol. The van der Waals surface area contributed by atoms with E-state index in [1.54, 1.807) is 7.05 Å². The Kier molecular flexibility index (Phi) is 9.33. The quantitative estimate of drug-likeness (QED) is 0.399. The summed E-state index contributed by atoms with van der Waals surface area (Å²) in [6.07, 6.45) is 2.03. The Hall–Kier alpha value is -2.38. The van der Waals surface area contributed by atoms with Crippen molar-refractivity contribution >= 4 is 16.0 Å². The first-order valence-corrected chi connectivity index (χ1v) is 12.0. The fourth-order valence-corrected chi connectivity index (χ4v) is 4.52. The number of benzene rings is 2. The second-order valence-electron chi connectivity index (χ2n) is 7.84. The topological polar surface area (TPSA) is 82.6 Å². The normalized spacial score (nSPS) is 13.3. The number of sulfonamides is 1. The first-order valence-electron chi connectivity index (χ1n) is 10.4. The molecule has 0 amide bonds. The highest BCUT2D eigenvalue weighted by Crippen LogP contribution is 2.09. The van der Waals surface area contributed by atoms with E-state index < -0.39 is 10.0 Å². The van der Waals surface area contributed by atoms with Crippen LogP contribution in [0.15, 0.2) is 59.6 Å². The number of guanidine groups is 1. The molecular formula is C23H34N4O2S. The van der Waals surface area contributed by atoms with Gasteiger partial charge >= 0.3 is 0 Å². The lowest BCUT2D eigenvalue weighted by Crippen LogP contribution is -2.42. The van der Waals surface area contributed by atoms with Crippen molar-refractivity contribution in [2.45, 2.75) is 58.0 Å². The number of hydrogen-bond donors (Lipinski definition) is 3. The molecule has 0 bridgehead atoms. The molecule has 0 aliphatic carbocycles. The number of aliphatic imine (C=N–C) groups is 1. The molecule has 3 N–H and O–H groups in total. The van der Waals surface area contributed by atoms with E-state index in [0.717, 1.165) is 29.9 Å². The molecule has 2 aromatic rings. The monoisotopic (exact) mass is 430 g/mol. The Morgan fingerprint density at radius 3 is 2.17 bits per heavy atom. The van der Waals surface area contributed by atoms with Crippen LogP contribution >= 0.6 is 0 Å². The van der Waals surface area contributed by atoms with Gasteiger partial charge in [-0.05, 0) is 50.3 Å². The molecule has 1 atom stereocenters. The molecule has 0 fully saturated rings. The molecule has 0 heterocycles. The molecule has 30 heavy (non-hydrogen) atoms. The molecular weight excluding hydrogens is 396 g/mol. The van der Waals surface area contributed by atoms with Crippen molar-refractivity contribution in [1.29, 1.82) is 0 Å². The molecule has 7 heteroatoms. The molecule has 0 radical (unpaired) electrons. The second-order valence-corrected chi connectivity index (χ2v) is 9.60. The summed E-state index contributed by atoms with van der Waals surface area (Å²) >= 11 is 0. The average Bonchev–Trinajstić information content (AvgIpc) is 2.70. The molecule has 164 valence electrons. The Bertz CT molecular complexity index is 895. The van der Waals surface area contributed by atoms with Crippen LogP contribution in [0.4, 0.5) is 0 Å². The van der Waals surface area contributed by atoms with Crippen molar-refractivity contribution in [1.82, 2.24) is 15.4 Å². The van der Waals surface area contributed by atoms with Gasteiger partial charge in [0.2, 0.25) is 10.0 Å². The van der Waals surface area contributed by atoms with Gasteiger partial charge in [0.1, 0.15) is 0 Å². The predicted octanol–water partition coefficient (Wildman–Crippen LogP) is 3.20. The lowest BCUT2D eigenvalue weighted by atomic mass is 10.1. The Labute approximate surface area is 181 Å². The van der Waals surface area contributed by atoms with Gasteiger partial charge in [-0.15, -0.1) is 0 Å². The zero-order chi connectivity index (χ0) is 22.0. The van der Waals surface area contributed by atoms with Crippen LogP contribution in [-0.2, 0) is 28.7 Å². The largest absolute Gasteiger partial charge is 0.354 e. The molecule has 2 rings (SSSR count). The van der Waals surface area contributed by atoms with Crippen molar-refractivity contribution < 1.29 is 8.42 Å². The number of nitrogens with zero attached hydrogens (tertiary/aromatic N) is 1. The van der Waals surface area contributed by atoms with Crippen LogP contribution in [0.2, 0.25) is 0 Å². The zero-order valence-electron chi connectivity index (χ0n) is 18.4. The summed E-state index contributed by atoms with van der Waals surface area (Å²) in [6, 6.07) is 18.2. The van der Waals surface area contributed by atoms with Gasteiger partial charge in [0, 0.05) is 25.7 Å². The van der Waals surface area contributed by atoms with E-state index in [9.17, 15) is 8.42 Å². The first kappa shape index (κ1) is 23.9. The maximum absolute atomic E-state index is 12.0. The number of rotatable bonds is 10. The van der Waals surface area contributed by atoms with Gasteiger partial charge in [-0.2, -0.15) is 0 Å². The fourth-order valence-electron chi connectivity index (χ4n) is 3.09. The van der Waals surface area contributed by atoms with Gasteiger partial charge in [0.05, 0.1) is 5.75 Å². The highest BCUT2D eigenvalue weighted by atomic mass is 32.2. The predicted molar refractivity (Wildman–Crippen MR) is 125 cm³/mol. The smallest absolute Gasteiger partial charge is 0.216 e. The minimum absolute atomic E-state index is 0.0129. The summed E-state index contributed by atoms with van der Waals surface area (Å²) in [6.45, 7) is 6.39. The first-order chi connectivity index (χ1) is 14.3. The maximum Gasteiger partial charge on any atom is 0.216 e. The SMILES string of the molecule is CN=C(NCc1ccc(CS(=O)(=O)NC(C)C)cc1)NC(C)CCc1ccccc1. The Morgan fingerprint density at radius 2 is 1.57 bits per heavy atom. The second kappa shape index (κ2) is 11.7. The number of aryl methyl sites for hydroxylation is 1. The van der Waals surface area contributed by atoms with Crippen LogP contribution in [0.1, 0.15) is 43.9 Å². The zero-order valence-corrected chi connectivity index (χ0v) is 19.2. The highest BCUT2D eigenvalue weighted by molar-refractivity contribution is 7.88. The molecule has 6 nitrogen and oxygen atoms in total. The van der Waals surface area contributed by atoms with Crippen molar-refractivity contribution in [3.05, 3.63) is 71.3 Å². The van der Waals surface area contributed by atoms with Crippen molar-refractivity contribution in [2.24, 2.45) is 4.99 Å².